The topological polar surface area (TPSA) is 55.1 Å². The molecule has 5 heteroatoms. The van der Waals surface area contributed by atoms with Crippen LogP contribution >= 0.6 is 0 Å². The molecule has 0 aromatic carbocycles. The lowest BCUT2D eigenvalue weighted by Gasteiger charge is -2.13. The van der Waals surface area contributed by atoms with E-state index in [0.717, 1.165) is 29.9 Å². The highest BCUT2D eigenvalue weighted by Crippen LogP contribution is 2.36. The predicted octanol–water partition coefficient (Wildman–Crippen LogP) is 1.89. The summed E-state index contributed by atoms with van der Waals surface area (Å²) in [5.41, 5.74) is 0.965. The van der Waals surface area contributed by atoms with E-state index in [9.17, 15) is 0 Å². The third-order valence-electron chi connectivity index (χ3n) is 3.41. The highest BCUT2D eigenvalue weighted by atomic mass is 15.3. The zero-order chi connectivity index (χ0) is 11.8. The molecule has 0 saturated heterocycles. The van der Waals surface area contributed by atoms with Crippen LogP contribution in [0, 0.1) is 18.8 Å². The Morgan fingerprint density at radius 2 is 2.35 bits per heavy atom. The van der Waals surface area contributed by atoms with Crippen LogP contribution < -0.4 is 5.32 Å². The van der Waals surface area contributed by atoms with Crippen LogP contribution in [0.1, 0.15) is 25.5 Å². The van der Waals surface area contributed by atoms with Gasteiger partial charge in [-0.05, 0) is 31.6 Å². The average Bonchev–Trinajstić information content (AvgIpc) is 3.05. The van der Waals surface area contributed by atoms with Gasteiger partial charge in [0.05, 0.1) is 0 Å². The summed E-state index contributed by atoms with van der Waals surface area (Å²) in [6.45, 7) is 5.27. The summed E-state index contributed by atoms with van der Waals surface area (Å²) in [5, 5.41) is 7.63. The van der Waals surface area contributed by atoms with Crippen molar-refractivity contribution in [3.05, 3.63) is 18.1 Å². The molecule has 1 saturated carbocycles. The first-order chi connectivity index (χ1) is 8.24. The third-order valence-corrected chi connectivity index (χ3v) is 3.41. The van der Waals surface area contributed by atoms with E-state index in [0.29, 0.717) is 5.78 Å². The number of aromatic nitrogens is 4. The van der Waals surface area contributed by atoms with Crippen LogP contribution in [0.3, 0.4) is 0 Å². The van der Waals surface area contributed by atoms with E-state index >= 15 is 0 Å². The number of fused-ring (bicyclic) bond motifs is 1. The maximum Gasteiger partial charge on any atom is 0.254 e. The molecular weight excluding hydrogens is 214 g/mol. The molecule has 0 radical (unpaired) electrons. The fraction of sp³-hybridized carbons (Fsp3) is 0.583. The summed E-state index contributed by atoms with van der Waals surface area (Å²) < 4.78 is 1.76. The molecule has 0 spiro atoms. The minimum atomic E-state index is 0.659. The molecule has 17 heavy (non-hydrogen) atoms. The van der Waals surface area contributed by atoms with Gasteiger partial charge in [-0.25, -0.2) is 4.98 Å². The fourth-order valence-corrected chi connectivity index (χ4v) is 2.15. The smallest absolute Gasteiger partial charge is 0.254 e. The fourth-order valence-electron chi connectivity index (χ4n) is 2.15. The second-order valence-electron chi connectivity index (χ2n) is 4.95. The second kappa shape index (κ2) is 3.98. The molecule has 1 N–H and O–H groups in total. The lowest BCUT2D eigenvalue weighted by atomic mass is 10.1. The van der Waals surface area contributed by atoms with Crippen molar-refractivity contribution in [2.24, 2.45) is 11.8 Å². The predicted molar refractivity (Wildman–Crippen MR) is 65.9 cm³/mol. The zero-order valence-corrected chi connectivity index (χ0v) is 10.2. The van der Waals surface area contributed by atoms with Gasteiger partial charge >= 0.3 is 0 Å². The van der Waals surface area contributed by atoms with E-state index in [2.05, 4.69) is 27.3 Å². The van der Waals surface area contributed by atoms with E-state index < -0.39 is 0 Å². The number of aryl methyl sites for hydroxylation is 1. The van der Waals surface area contributed by atoms with Gasteiger partial charge in [0.1, 0.15) is 12.1 Å². The molecule has 3 rings (SSSR count). The van der Waals surface area contributed by atoms with Gasteiger partial charge in [0.15, 0.2) is 0 Å². The van der Waals surface area contributed by atoms with E-state index in [4.69, 9.17) is 0 Å². The van der Waals surface area contributed by atoms with Crippen molar-refractivity contribution >= 4 is 11.6 Å². The van der Waals surface area contributed by atoms with Crippen molar-refractivity contribution in [3.8, 4) is 0 Å². The first-order valence-corrected chi connectivity index (χ1v) is 6.15. The van der Waals surface area contributed by atoms with Crippen LogP contribution in [-0.2, 0) is 0 Å². The largest absolute Gasteiger partial charge is 0.370 e. The van der Waals surface area contributed by atoms with Crippen LogP contribution in [0.4, 0.5) is 5.82 Å². The number of rotatable bonds is 4. The molecule has 1 aliphatic rings. The molecule has 1 aliphatic carbocycles. The number of hydrogen-bond donors (Lipinski definition) is 1. The van der Waals surface area contributed by atoms with Crippen molar-refractivity contribution < 1.29 is 0 Å². The first kappa shape index (κ1) is 10.5. The molecule has 1 atom stereocenters. The number of hydrogen-bond acceptors (Lipinski definition) is 4. The summed E-state index contributed by atoms with van der Waals surface area (Å²) in [7, 11) is 0. The summed E-state index contributed by atoms with van der Waals surface area (Å²) in [5.74, 6) is 3.28. The maximum absolute atomic E-state index is 4.32. The zero-order valence-electron chi connectivity index (χ0n) is 10.2. The third kappa shape index (κ3) is 2.09. The SMILES string of the molecule is Cc1cc(NCC(C)C2CC2)n2ncnc2n1. The molecular formula is C12H17N5. The Bertz CT molecular complexity index is 529. The molecule has 0 amide bonds. The Morgan fingerprint density at radius 3 is 3.12 bits per heavy atom. The molecule has 2 aromatic rings. The van der Waals surface area contributed by atoms with Crippen molar-refractivity contribution in [2.75, 3.05) is 11.9 Å². The standard InChI is InChI=1S/C12H17N5/c1-8(10-3-4-10)6-13-11-5-9(2)16-12-14-7-15-17(11)12/h5,7-8,10,13H,3-4,6H2,1-2H3. The molecule has 90 valence electrons. The van der Waals surface area contributed by atoms with Gasteiger partial charge in [0.25, 0.3) is 5.78 Å². The Hall–Kier alpha value is -1.65. The van der Waals surface area contributed by atoms with Gasteiger partial charge < -0.3 is 5.32 Å². The van der Waals surface area contributed by atoms with Crippen LogP contribution in [0.25, 0.3) is 5.78 Å². The minimum absolute atomic E-state index is 0.659. The first-order valence-electron chi connectivity index (χ1n) is 6.15. The highest BCUT2D eigenvalue weighted by Gasteiger charge is 2.27. The van der Waals surface area contributed by atoms with Crippen molar-refractivity contribution in [1.29, 1.82) is 0 Å². The Morgan fingerprint density at radius 1 is 1.53 bits per heavy atom. The summed E-state index contributed by atoms with van der Waals surface area (Å²) >= 11 is 0. The summed E-state index contributed by atoms with van der Waals surface area (Å²) in [6, 6.07) is 2.02. The van der Waals surface area contributed by atoms with E-state index in [-0.39, 0.29) is 0 Å². The Kier molecular flexibility index (Phi) is 2.46. The van der Waals surface area contributed by atoms with E-state index in [1.54, 1.807) is 4.52 Å². The van der Waals surface area contributed by atoms with Crippen LogP contribution in [0.15, 0.2) is 12.4 Å². The number of nitrogens with zero attached hydrogens (tertiary/aromatic N) is 4. The molecule has 0 bridgehead atoms. The van der Waals surface area contributed by atoms with Gasteiger partial charge in [-0.2, -0.15) is 14.6 Å². The van der Waals surface area contributed by atoms with E-state index in [1.807, 2.05) is 13.0 Å². The highest BCUT2D eigenvalue weighted by molar-refractivity contribution is 5.44. The molecule has 2 aromatic heterocycles. The number of anilines is 1. The summed E-state index contributed by atoms with van der Waals surface area (Å²) in [6.07, 6.45) is 4.31. The van der Waals surface area contributed by atoms with Crippen LogP contribution in [0.2, 0.25) is 0 Å². The normalized spacial score (nSPS) is 17.3. The Balaban J connectivity index is 1.80. The lowest BCUT2D eigenvalue weighted by molar-refractivity contribution is 0.535. The second-order valence-corrected chi connectivity index (χ2v) is 4.95. The van der Waals surface area contributed by atoms with Crippen molar-refractivity contribution in [1.82, 2.24) is 19.6 Å². The lowest BCUT2D eigenvalue weighted by Crippen LogP contribution is -2.15. The van der Waals surface area contributed by atoms with Gasteiger partial charge in [-0.3, -0.25) is 0 Å². The number of nitrogens with one attached hydrogen (secondary N) is 1. The molecule has 5 nitrogen and oxygen atoms in total. The molecule has 0 aliphatic heterocycles. The molecule has 1 fully saturated rings. The van der Waals surface area contributed by atoms with Crippen molar-refractivity contribution in [3.63, 3.8) is 0 Å². The molecule has 1 unspecified atom stereocenters. The van der Waals surface area contributed by atoms with Gasteiger partial charge in [0.2, 0.25) is 0 Å². The van der Waals surface area contributed by atoms with Gasteiger partial charge in [-0.1, -0.05) is 6.92 Å². The monoisotopic (exact) mass is 231 g/mol. The quantitative estimate of drug-likeness (QED) is 0.873. The molecule has 2 heterocycles. The van der Waals surface area contributed by atoms with Gasteiger partial charge in [0, 0.05) is 18.3 Å². The van der Waals surface area contributed by atoms with Gasteiger partial charge in [-0.15, -0.1) is 0 Å². The van der Waals surface area contributed by atoms with E-state index in [1.165, 1.54) is 19.2 Å². The Labute approximate surface area is 100 Å². The average molecular weight is 231 g/mol. The van der Waals surface area contributed by atoms with Crippen LogP contribution in [0.5, 0.6) is 0 Å². The van der Waals surface area contributed by atoms with Crippen LogP contribution in [-0.4, -0.2) is 26.1 Å². The maximum atomic E-state index is 4.32. The summed E-state index contributed by atoms with van der Waals surface area (Å²) in [4.78, 5) is 8.44. The minimum Gasteiger partial charge on any atom is -0.370 e. The van der Waals surface area contributed by atoms with Crippen molar-refractivity contribution in [2.45, 2.75) is 26.7 Å².